The van der Waals surface area contributed by atoms with Gasteiger partial charge in [-0.2, -0.15) is 5.10 Å². The van der Waals surface area contributed by atoms with Gasteiger partial charge < -0.3 is 11.1 Å². The molecule has 0 amide bonds. The second-order valence-electron chi connectivity index (χ2n) is 5.17. The van der Waals surface area contributed by atoms with E-state index in [2.05, 4.69) is 53.6 Å². The molecule has 0 saturated heterocycles. The molecule has 3 aromatic rings. The quantitative estimate of drug-likeness (QED) is 0.634. The Morgan fingerprint density at radius 1 is 1.20 bits per heavy atom. The zero-order chi connectivity index (χ0) is 14.1. The number of aryl methyl sites for hydroxylation is 1. The molecule has 2 aromatic carbocycles. The lowest BCUT2D eigenvalue weighted by Gasteiger charge is -2.17. The van der Waals surface area contributed by atoms with Gasteiger partial charge in [-0.05, 0) is 31.5 Å². The highest BCUT2D eigenvalue weighted by molar-refractivity contribution is 5.88. The van der Waals surface area contributed by atoms with Crippen molar-refractivity contribution in [3.05, 3.63) is 53.7 Å². The van der Waals surface area contributed by atoms with E-state index in [0.29, 0.717) is 0 Å². The molecule has 1 atom stereocenters. The van der Waals surface area contributed by atoms with Crippen LogP contribution in [0.3, 0.4) is 0 Å². The molecule has 1 unspecified atom stereocenters. The van der Waals surface area contributed by atoms with Gasteiger partial charge in [-0.25, -0.2) is 0 Å². The van der Waals surface area contributed by atoms with Crippen molar-refractivity contribution >= 4 is 22.3 Å². The lowest BCUT2D eigenvalue weighted by Crippen LogP contribution is -2.08. The third-order valence-corrected chi connectivity index (χ3v) is 3.56. The van der Waals surface area contributed by atoms with E-state index in [9.17, 15) is 0 Å². The standard InChI is InChI=1S/C16H18N4/c1-10-3-5-12(6-4-10)11(2)19-16-8-15-13(7-14(16)17)9-18-20-15/h3-9,11,19H,17H2,1-2H3,(H,18,20). The van der Waals surface area contributed by atoms with Crippen molar-refractivity contribution in [3.63, 3.8) is 0 Å². The third kappa shape index (κ3) is 2.32. The molecule has 0 fully saturated rings. The van der Waals surface area contributed by atoms with Crippen LogP contribution in [0.25, 0.3) is 10.9 Å². The number of fused-ring (bicyclic) bond motifs is 1. The molecular weight excluding hydrogens is 248 g/mol. The van der Waals surface area contributed by atoms with Crippen LogP contribution in [0.5, 0.6) is 0 Å². The Hall–Kier alpha value is -2.49. The minimum Gasteiger partial charge on any atom is -0.397 e. The maximum Gasteiger partial charge on any atom is 0.0672 e. The van der Waals surface area contributed by atoms with E-state index in [1.165, 1.54) is 11.1 Å². The van der Waals surface area contributed by atoms with Crippen LogP contribution >= 0.6 is 0 Å². The summed E-state index contributed by atoms with van der Waals surface area (Å²) in [6, 6.07) is 12.6. The van der Waals surface area contributed by atoms with Gasteiger partial charge in [0.1, 0.15) is 0 Å². The molecule has 1 heterocycles. The van der Waals surface area contributed by atoms with Crippen molar-refractivity contribution in [1.82, 2.24) is 10.2 Å². The molecule has 4 nitrogen and oxygen atoms in total. The highest BCUT2D eigenvalue weighted by atomic mass is 15.1. The molecule has 0 saturated carbocycles. The highest BCUT2D eigenvalue weighted by Gasteiger charge is 2.09. The van der Waals surface area contributed by atoms with Crippen LogP contribution in [0.15, 0.2) is 42.6 Å². The number of benzene rings is 2. The number of H-pyrrole nitrogens is 1. The predicted molar refractivity (Wildman–Crippen MR) is 83.7 cm³/mol. The Bertz CT molecular complexity index is 728. The first-order chi connectivity index (χ1) is 9.63. The number of hydrogen-bond acceptors (Lipinski definition) is 3. The summed E-state index contributed by atoms with van der Waals surface area (Å²) >= 11 is 0. The van der Waals surface area contributed by atoms with E-state index >= 15 is 0 Å². The number of anilines is 2. The molecule has 4 heteroatoms. The van der Waals surface area contributed by atoms with Gasteiger partial charge >= 0.3 is 0 Å². The fraction of sp³-hybridized carbons (Fsp3) is 0.188. The van der Waals surface area contributed by atoms with E-state index in [1.54, 1.807) is 6.20 Å². The third-order valence-electron chi connectivity index (χ3n) is 3.56. The Kier molecular flexibility index (Phi) is 3.06. The van der Waals surface area contributed by atoms with E-state index in [1.807, 2.05) is 12.1 Å². The van der Waals surface area contributed by atoms with Crippen LogP contribution in [-0.2, 0) is 0 Å². The second kappa shape index (κ2) is 4.89. The predicted octanol–water partition coefficient (Wildman–Crippen LogP) is 3.63. The minimum absolute atomic E-state index is 0.193. The zero-order valence-electron chi connectivity index (χ0n) is 11.6. The fourth-order valence-electron chi connectivity index (χ4n) is 2.31. The van der Waals surface area contributed by atoms with E-state index in [0.717, 1.165) is 22.3 Å². The van der Waals surface area contributed by atoms with Crippen LogP contribution < -0.4 is 11.1 Å². The first-order valence-electron chi connectivity index (χ1n) is 6.69. The van der Waals surface area contributed by atoms with Gasteiger partial charge in [-0.3, -0.25) is 5.10 Å². The number of nitrogen functional groups attached to an aromatic ring is 1. The topological polar surface area (TPSA) is 66.7 Å². The van der Waals surface area contributed by atoms with Gasteiger partial charge in [0.2, 0.25) is 0 Å². The Morgan fingerprint density at radius 3 is 2.70 bits per heavy atom. The molecule has 4 N–H and O–H groups in total. The van der Waals surface area contributed by atoms with Gasteiger partial charge in [-0.1, -0.05) is 29.8 Å². The molecule has 102 valence electrons. The molecular formula is C16H18N4. The Balaban J connectivity index is 1.88. The summed E-state index contributed by atoms with van der Waals surface area (Å²) in [6.45, 7) is 4.22. The zero-order valence-corrected chi connectivity index (χ0v) is 11.6. The number of hydrogen-bond donors (Lipinski definition) is 3. The van der Waals surface area contributed by atoms with E-state index in [-0.39, 0.29) is 6.04 Å². The summed E-state index contributed by atoms with van der Waals surface area (Å²) in [5, 5.41) is 11.5. The van der Waals surface area contributed by atoms with E-state index in [4.69, 9.17) is 5.73 Å². The molecule has 3 rings (SSSR count). The lowest BCUT2D eigenvalue weighted by atomic mass is 10.1. The summed E-state index contributed by atoms with van der Waals surface area (Å²) in [5.74, 6) is 0. The number of nitrogens with two attached hydrogens (primary N) is 1. The van der Waals surface area contributed by atoms with Crippen LogP contribution in [0, 0.1) is 6.92 Å². The number of aromatic nitrogens is 2. The molecule has 0 aliphatic heterocycles. The average molecular weight is 266 g/mol. The van der Waals surface area contributed by atoms with Crippen LogP contribution in [0.1, 0.15) is 24.1 Å². The minimum atomic E-state index is 0.193. The molecule has 0 radical (unpaired) electrons. The summed E-state index contributed by atoms with van der Waals surface area (Å²) in [5.41, 5.74) is 11.2. The van der Waals surface area contributed by atoms with Crippen LogP contribution in [0.2, 0.25) is 0 Å². The smallest absolute Gasteiger partial charge is 0.0672 e. The number of nitrogens with one attached hydrogen (secondary N) is 2. The van der Waals surface area contributed by atoms with Crippen molar-refractivity contribution in [3.8, 4) is 0 Å². The van der Waals surface area contributed by atoms with Crippen molar-refractivity contribution in [1.29, 1.82) is 0 Å². The van der Waals surface area contributed by atoms with E-state index < -0.39 is 0 Å². The number of rotatable bonds is 3. The normalized spacial score (nSPS) is 12.5. The molecule has 1 aromatic heterocycles. The van der Waals surface area contributed by atoms with Gasteiger partial charge in [0.15, 0.2) is 0 Å². The average Bonchev–Trinajstić information content (AvgIpc) is 2.87. The van der Waals surface area contributed by atoms with Crippen molar-refractivity contribution < 1.29 is 0 Å². The summed E-state index contributed by atoms with van der Waals surface area (Å²) in [4.78, 5) is 0. The fourth-order valence-corrected chi connectivity index (χ4v) is 2.31. The number of nitrogens with zero attached hydrogens (tertiary/aromatic N) is 1. The summed E-state index contributed by atoms with van der Waals surface area (Å²) < 4.78 is 0. The first kappa shape index (κ1) is 12.5. The lowest BCUT2D eigenvalue weighted by molar-refractivity contribution is 0.885. The summed E-state index contributed by atoms with van der Waals surface area (Å²) in [7, 11) is 0. The van der Waals surface area contributed by atoms with Crippen molar-refractivity contribution in [2.45, 2.75) is 19.9 Å². The van der Waals surface area contributed by atoms with Crippen molar-refractivity contribution in [2.24, 2.45) is 0 Å². The van der Waals surface area contributed by atoms with Gasteiger partial charge in [0.25, 0.3) is 0 Å². The van der Waals surface area contributed by atoms with Gasteiger partial charge in [-0.15, -0.1) is 0 Å². The molecule has 0 aliphatic carbocycles. The molecule has 0 aliphatic rings. The second-order valence-corrected chi connectivity index (χ2v) is 5.17. The van der Waals surface area contributed by atoms with Gasteiger partial charge in [0.05, 0.1) is 23.1 Å². The van der Waals surface area contributed by atoms with Gasteiger partial charge in [0, 0.05) is 11.4 Å². The maximum atomic E-state index is 6.09. The first-order valence-corrected chi connectivity index (χ1v) is 6.69. The largest absolute Gasteiger partial charge is 0.397 e. The summed E-state index contributed by atoms with van der Waals surface area (Å²) in [6.07, 6.45) is 1.78. The van der Waals surface area contributed by atoms with Crippen LogP contribution in [0.4, 0.5) is 11.4 Å². The molecule has 0 spiro atoms. The SMILES string of the molecule is Cc1ccc(C(C)Nc2cc3[nH]ncc3cc2N)cc1. The van der Waals surface area contributed by atoms with Crippen molar-refractivity contribution in [2.75, 3.05) is 11.1 Å². The monoisotopic (exact) mass is 266 g/mol. The number of aromatic amines is 1. The van der Waals surface area contributed by atoms with Crippen LogP contribution in [-0.4, -0.2) is 10.2 Å². The Morgan fingerprint density at radius 2 is 1.95 bits per heavy atom. The molecule has 0 bridgehead atoms. The molecule has 20 heavy (non-hydrogen) atoms. The Labute approximate surface area is 118 Å². The highest BCUT2D eigenvalue weighted by Crippen LogP contribution is 2.28. The maximum absolute atomic E-state index is 6.09.